The third-order valence-corrected chi connectivity index (χ3v) is 1.90. The molecule has 4 heteroatoms. The predicted octanol–water partition coefficient (Wildman–Crippen LogP) is 1.70. The molecular formula is C8H5ClN2O. The molecule has 0 bridgehead atoms. The van der Waals surface area contributed by atoms with Crippen LogP contribution in [0.25, 0.3) is 5.57 Å². The number of nitrogens with one attached hydrogen (secondary N) is 1. The number of fused-ring (bicyclic) bond motifs is 1. The van der Waals surface area contributed by atoms with Crippen LogP contribution >= 0.6 is 11.6 Å². The molecule has 60 valence electrons. The van der Waals surface area contributed by atoms with E-state index in [-0.39, 0.29) is 5.91 Å². The topological polar surface area (TPSA) is 42.0 Å². The summed E-state index contributed by atoms with van der Waals surface area (Å²) in [5, 5.41) is 2.92. The van der Waals surface area contributed by atoms with E-state index in [0.29, 0.717) is 16.5 Å². The van der Waals surface area contributed by atoms with Gasteiger partial charge in [-0.3, -0.25) is 4.79 Å². The zero-order chi connectivity index (χ0) is 8.72. The maximum atomic E-state index is 11.0. The molecule has 2 heterocycles. The number of pyridine rings is 1. The Hall–Kier alpha value is -1.35. The normalized spacial score (nSPS) is 14.4. The standard InChI is InChI=1S/C8H5ClN2O/c1-4-5-2-3-6(9)10-7(5)11-8(4)12/h2-3H,1H2,(H,10,11,12). The third-order valence-electron chi connectivity index (χ3n) is 1.69. The summed E-state index contributed by atoms with van der Waals surface area (Å²) in [7, 11) is 0. The van der Waals surface area contributed by atoms with Crippen LogP contribution in [-0.2, 0) is 4.79 Å². The van der Waals surface area contributed by atoms with Crippen LogP contribution < -0.4 is 5.32 Å². The molecule has 1 aliphatic rings. The highest BCUT2D eigenvalue weighted by molar-refractivity contribution is 6.32. The first-order valence-corrected chi connectivity index (χ1v) is 3.73. The van der Waals surface area contributed by atoms with Crippen LogP contribution in [0.1, 0.15) is 5.56 Å². The van der Waals surface area contributed by atoms with Gasteiger partial charge in [0, 0.05) is 11.1 Å². The molecule has 1 aromatic rings. The fraction of sp³-hybridized carbons (Fsp3) is 0. The van der Waals surface area contributed by atoms with E-state index in [1.165, 1.54) is 0 Å². The van der Waals surface area contributed by atoms with E-state index in [9.17, 15) is 4.79 Å². The lowest BCUT2D eigenvalue weighted by atomic mass is 10.1. The Morgan fingerprint density at radius 1 is 1.50 bits per heavy atom. The number of carbonyl (C=O) groups excluding carboxylic acids is 1. The predicted molar refractivity (Wildman–Crippen MR) is 46.9 cm³/mol. The summed E-state index contributed by atoms with van der Waals surface area (Å²) in [5.74, 6) is 0.289. The maximum Gasteiger partial charge on any atom is 0.256 e. The average Bonchev–Trinajstić information content (AvgIpc) is 2.28. The zero-order valence-corrected chi connectivity index (χ0v) is 6.85. The van der Waals surface area contributed by atoms with Crippen molar-refractivity contribution in [3.05, 3.63) is 29.4 Å². The molecule has 0 unspecified atom stereocenters. The van der Waals surface area contributed by atoms with Crippen molar-refractivity contribution in [2.24, 2.45) is 0 Å². The van der Waals surface area contributed by atoms with Gasteiger partial charge in [-0.2, -0.15) is 0 Å². The molecule has 2 rings (SSSR count). The largest absolute Gasteiger partial charge is 0.306 e. The van der Waals surface area contributed by atoms with Gasteiger partial charge in [-0.1, -0.05) is 18.2 Å². The molecule has 3 nitrogen and oxygen atoms in total. The van der Waals surface area contributed by atoms with Gasteiger partial charge < -0.3 is 5.32 Å². The Balaban J connectivity index is 2.62. The lowest BCUT2D eigenvalue weighted by molar-refractivity contribution is -0.110. The summed E-state index contributed by atoms with van der Waals surface area (Å²) < 4.78 is 0. The van der Waals surface area contributed by atoms with Gasteiger partial charge in [0.15, 0.2) is 0 Å². The molecule has 0 atom stereocenters. The molecule has 0 fully saturated rings. The summed E-state index contributed by atoms with van der Waals surface area (Å²) in [6.07, 6.45) is 0. The van der Waals surface area contributed by atoms with Crippen molar-refractivity contribution < 1.29 is 4.79 Å². The van der Waals surface area contributed by atoms with Crippen LogP contribution in [-0.4, -0.2) is 10.9 Å². The van der Waals surface area contributed by atoms with Gasteiger partial charge in [0.25, 0.3) is 5.91 Å². The third kappa shape index (κ3) is 0.905. The van der Waals surface area contributed by atoms with Crippen LogP contribution in [0.3, 0.4) is 0 Å². The van der Waals surface area contributed by atoms with Crippen molar-refractivity contribution in [1.29, 1.82) is 0 Å². The molecule has 1 amide bonds. The van der Waals surface area contributed by atoms with E-state index in [0.717, 1.165) is 5.56 Å². The molecular weight excluding hydrogens is 176 g/mol. The highest BCUT2D eigenvalue weighted by atomic mass is 35.5. The van der Waals surface area contributed by atoms with Crippen LogP contribution in [0.2, 0.25) is 5.15 Å². The Morgan fingerprint density at radius 2 is 2.25 bits per heavy atom. The minimum Gasteiger partial charge on any atom is -0.306 e. The van der Waals surface area contributed by atoms with E-state index in [4.69, 9.17) is 11.6 Å². The quantitative estimate of drug-likeness (QED) is 0.488. The first-order chi connectivity index (χ1) is 5.68. The van der Waals surface area contributed by atoms with E-state index in [2.05, 4.69) is 16.9 Å². The summed E-state index contributed by atoms with van der Waals surface area (Å²) in [6, 6.07) is 3.36. The molecule has 12 heavy (non-hydrogen) atoms. The molecule has 0 spiro atoms. The average molecular weight is 181 g/mol. The van der Waals surface area contributed by atoms with E-state index in [1.54, 1.807) is 12.1 Å². The molecule has 1 N–H and O–H groups in total. The van der Waals surface area contributed by atoms with Gasteiger partial charge >= 0.3 is 0 Å². The first kappa shape index (κ1) is 7.31. The second-order valence-electron chi connectivity index (χ2n) is 2.46. The highest BCUT2D eigenvalue weighted by Gasteiger charge is 2.23. The van der Waals surface area contributed by atoms with Crippen molar-refractivity contribution in [3.63, 3.8) is 0 Å². The van der Waals surface area contributed by atoms with Crippen molar-refractivity contribution >= 4 is 28.9 Å². The second kappa shape index (κ2) is 2.32. The van der Waals surface area contributed by atoms with Crippen LogP contribution in [0.4, 0.5) is 5.82 Å². The Kier molecular flexibility index (Phi) is 1.41. The zero-order valence-electron chi connectivity index (χ0n) is 6.10. The number of aromatic nitrogens is 1. The molecule has 0 aliphatic carbocycles. The van der Waals surface area contributed by atoms with Crippen molar-refractivity contribution in [3.8, 4) is 0 Å². The number of amides is 1. The van der Waals surface area contributed by atoms with Crippen molar-refractivity contribution in [2.45, 2.75) is 0 Å². The van der Waals surface area contributed by atoms with Crippen LogP contribution in [0.5, 0.6) is 0 Å². The lowest BCUT2D eigenvalue weighted by Gasteiger charge is -1.95. The Morgan fingerprint density at radius 3 is 3.00 bits per heavy atom. The molecule has 0 saturated carbocycles. The summed E-state index contributed by atoms with van der Waals surface area (Å²) in [4.78, 5) is 15.0. The monoisotopic (exact) mass is 180 g/mol. The summed E-state index contributed by atoms with van der Waals surface area (Å²) in [6.45, 7) is 3.61. The molecule has 0 radical (unpaired) electrons. The highest BCUT2D eigenvalue weighted by Crippen LogP contribution is 2.29. The molecule has 0 aromatic carbocycles. The molecule has 0 saturated heterocycles. The number of carbonyl (C=O) groups is 1. The fourth-order valence-electron chi connectivity index (χ4n) is 1.08. The molecule has 1 aromatic heterocycles. The minimum atomic E-state index is -0.209. The number of anilines is 1. The van der Waals surface area contributed by atoms with Gasteiger partial charge in [-0.25, -0.2) is 4.98 Å². The van der Waals surface area contributed by atoms with Gasteiger partial charge in [0.05, 0.1) is 0 Å². The number of nitrogens with zero attached hydrogens (tertiary/aromatic N) is 1. The van der Waals surface area contributed by atoms with Crippen LogP contribution in [0, 0.1) is 0 Å². The smallest absolute Gasteiger partial charge is 0.256 e. The van der Waals surface area contributed by atoms with E-state index in [1.807, 2.05) is 0 Å². The SMILES string of the molecule is C=C1C(=O)Nc2nc(Cl)ccc21. The molecule has 1 aliphatic heterocycles. The van der Waals surface area contributed by atoms with Gasteiger partial charge in [-0.15, -0.1) is 0 Å². The Bertz CT molecular complexity index is 387. The first-order valence-electron chi connectivity index (χ1n) is 3.35. The Labute approximate surface area is 74.1 Å². The fourth-order valence-corrected chi connectivity index (χ4v) is 1.23. The van der Waals surface area contributed by atoms with Crippen molar-refractivity contribution in [2.75, 3.05) is 5.32 Å². The van der Waals surface area contributed by atoms with E-state index >= 15 is 0 Å². The van der Waals surface area contributed by atoms with Crippen molar-refractivity contribution in [1.82, 2.24) is 4.98 Å². The number of hydrogen-bond donors (Lipinski definition) is 1. The minimum absolute atomic E-state index is 0.209. The van der Waals surface area contributed by atoms with Gasteiger partial charge in [0.1, 0.15) is 11.0 Å². The maximum absolute atomic E-state index is 11.0. The van der Waals surface area contributed by atoms with E-state index < -0.39 is 0 Å². The van der Waals surface area contributed by atoms with Gasteiger partial charge in [-0.05, 0) is 12.1 Å². The van der Waals surface area contributed by atoms with Crippen LogP contribution in [0.15, 0.2) is 18.7 Å². The second-order valence-corrected chi connectivity index (χ2v) is 2.85. The number of rotatable bonds is 0. The summed E-state index contributed by atoms with van der Waals surface area (Å²) >= 11 is 5.63. The number of hydrogen-bond acceptors (Lipinski definition) is 2. The number of halogens is 1. The lowest BCUT2D eigenvalue weighted by Crippen LogP contribution is -2.03. The van der Waals surface area contributed by atoms with Gasteiger partial charge in [0.2, 0.25) is 0 Å². The summed E-state index contributed by atoms with van der Waals surface area (Å²) in [5.41, 5.74) is 1.17.